The van der Waals surface area contributed by atoms with E-state index in [2.05, 4.69) is 30.6 Å². The average molecular weight is 553 g/mol. The highest BCUT2D eigenvalue weighted by molar-refractivity contribution is 5.94. The number of carboxylic acid groups (broad SMARTS) is 1. The van der Waals surface area contributed by atoms with E-state index in [0.29, 0.717) is 24.2 Å². The number of aromatic hydroxyl groups is 1. The number of aromatic amines is 2. The van der Waals surface area contributed by atoms with Gasteiger partial charge in [0.2, 0.25) is 17.7 Å². The lowest BCUT2D eigenvalue weighted by atomic mass is 10.0. The number of nitrogens with one attached hydrogen (secondary N) is 4. The first-order chi connectivity index (χ1) is 19.2. The van der Waals surface area contributed by atoms with Crippen LogP contribution in [0.2, 0.25) is 0 Å². The lowest BCUT2D eigenvalue weighted by Gasteiger charge is -2.28. The molecule has 0 aliphatic carbocycles. The summed E-state index contributed by atoms with van der Waals surface area (Å²) in [6.45, 7) is 0.256. The Balaban J connectivity index is 1.50. The maximum atomic E-state index is 13.6. The van der Waals surface area contributed by atoms with E-state index < -0.39 is 47.9 Å². The van der Waals surface area contributed by atoms with Gasteiger partial charge in [-0.05, 0) is 37.0 Å². The fraction of sp³-hybridized carbons (Fsp3) is 0.385. The van der Waals surface area contributed by atoms with Gasteiger partial charge in [0.25, 0.3) is 0 Å². The molecule has 0 saturated carbocycles. The molecule has 1 fully saturated rings. The predicted octanol–water partition coefficient (Wildman–Crippen LogP) is -0.761. The number of aromatic nitrogens is 4. The van der Waals surface area contributed by atoms with Gasteiger partial charge >= 0.3 is 5.97 Å². The Hall–Kier alpha value is -4.72. The number of rotatable bonds is 12. The first-order valence-corrected chi connectivity index (χ1v) is 12.8. The minimum atomic E-state index is -1.12. The number of carbonyl (C=O) groups excluding carboxylic acids is 3. The van der Waals surface area contributed by atoms with E-state index >= 15 is 0 Å². The number of hydrogen-bond acceptors (Lipinski definition) is 8. The third-order valence-electron chi connectivity index (χ3n) is 6.76. The zero-order valence-electron chi connectivity index (χ0n) is 21.6. The van der Waals surface area contributed by atoms with Crippen LogP contribution in [-0.4, -0.2) is 89.5 Å². The molecule has 14 nitrogen and oxygen atoms in total. The van der Waals surface area contributed by atoms with Crippen LogP contribution in [-0.2, 0) is 38.4 Å². The Morgan fingerprint density at radius 3 is 2.12 bits per heavy atom. The summed E-state index contributed by atoms with van der Waals surface area (Å²) < 4.78 is 0. The minimum absolute atomic E-state index is 0.0376. The van der Waals surface area contributed by atoms with Crippen molar-refractivity contribution in [2.45, 2.75) is 56.3 Å². The second-order valence-corrected chi connectivity index (χ2v) is 9.69. The van der Waals surface area contributed by atoms with Gasteiger partial charge in [0.1, 0.15) is 23.9 Å². The molecule has 3 heterocycles. The predicted molar refractivity (Wildman–Crippen MR) is 141 cm³/mol. The molecule has 3 aromatic rings. The molecular weight excluding hydrogens is 520 g/mol. The van der Waals surface area contributed by atoms with Crippen LogP contribution in [0.15, 0.2) is 49.3 Å². The molecule has 0 spiro atoms. The molecule has 40 heavy (non-hydrogen) atoms. The van der Waals surface area contributed by atoms with E-state index in [1.807, 2.05) is 0 Å². The molecule has 4 rings (SSSR count). The number of hydrogen-bond donors (Lipinski definition) is 7. The van der Waals surface area contributed by atoms with Crippen molar-refractivity contribution in [3.8, 4) is 5.75 Å². The molecule has 0 bridgehead atoms. The van der Waals surface area contributed by atoms with Crippen LogP contribution in [0.4, 0.5) is 0 Å². The third-order valence-corrected chi connectivity index (χ3v) is 6.76. The van der Waals surface area contributed by atoms with Crippen molar-refractivity contribution in [3.63, 3.8) is 0 Å². The maximum Gasteiger partial charge on any atom is 0.326 e. The van der Waals surface area contributed by atoms with E-state index in [0.717, 1.165) is 5.56 Å². The molecule has 3 amide bonds. The molecule has 0 radical (unpaired) electrons. The Morgan fingerprint density at radius 2 is 1.55 bits per heavy atom. The van der Waals surface area contributed by atoms with Gasteiger partial charge in [-0.15, -0.1) is 0 Å². The minimum Gasteiger partial charge on any atom is -0.508 e. The normalized spacial score (nSPS) is 17.1. The van der Waals surface area contributed by atoms with Gasteiger partial charge in [-0.2, -0.15) is 0 Å². The molecule has 1 saturated heterocycles. The summed E-state index contributed by atoms with van der Waals surface area (Å²) in [5.41, 5.74) is 7.97. The van der Waals surface area contributed by atoms with Gasteiger partial charge in [-0.3, -0.25) is 14.4 Å². The third kappa shape index (κ3) is 7.22. The number of amides is 3. The Bertz CT molecular complexity index is 1300. The molecule has 1 aromatic carbocycles. The smallest absolute Gasteiger partial charge is 0.326 e. The van der Waals surface area contributed by atoms with Gasteiger partial charge in [0.15, 0.2) is 0 Å². The number of carbonyl (C=O) groups is 4. The summed E-state index contributed by atoms with van der Waals surface area (Å²) in [5, 5.41) is 24.4. The van der Waals surface area contributed by atoms with Crippen molar-refractivity contribution < 1.29 is 29.4 Å². The molecule has 4 unspecified atom stereocenters. The van der Waals surface area contributed by atoms with Crippen molar-refractivity contribution in [2.75, 3.05) is 6.54 Å². The summed E-state index contributed by atoms with van der Waals surface area (Å²) >= 11 is 0. The second-order valence-electron chi connectivity index (χ2n) is 9.69. The summed E-state index contributed by atoms with van der Waals surface area (Å²) in [6, 6.07) is 2.06. The molecule has 14 heteroatoms. The molecule has 1 aliphatic heterocycles. The zero-order valence-corrected chi connectivity index (χ0v) is 21.6. The van der Waals surface area contributed by atoms with Crippen LogP contribution in [0.5, 0.6) is 5.75 Å². The van der Waals surface area contributed by atoms with E-state index in [1.165, 1.54) is 42.1 Å². The number of imidazole rings is 2. The quantitative estimate of drug-likeness (QED) is 0.150. The average Bonchev–Trinajstić information content (AvgIpc) is 3.72. The number of nitrogens with zero attached hydrogens (tertiary/aromatic N) is 3. The van der Waals surface area contributed by atoms with Crippen molar-refractivity contribution in [1.29, 1.82) is 0 Å². The number of likely N-dealkylation sites (tertiary alicyclic amines) is 1. The first kappa shape index (κ1) is 28.3. The Morgan fingerprint density at radius 1 is 0.950 bits per heavy atom. The molecule has 1 aliphatic rings. The van der Waals surface area contributed by atoms with Gasteiger partial charge in [0.05, 0.1) is 18.7 Å². The van der Waals surface area contributed by atoms with Crippen molar-refractivity contribution in [1.82, 2.24) is 35.5 Å². The number of phenolic OH excluding ortho intramolecular Hbond substituents is 1. The van der Waals surface area contributed by atoms with Gasteiger partial charge < -0.3 is 41.4 Å². The van der Waals surface area contributed by atoms with Gasteiger partial charge in [-0.1, -0.05) is 12.1 Å². The lowest BCUT2D eigenvalue weighted by Crippen LogP contribution is -2.58. The van der Waals surface area contributed by atoms with Crippen LogP contribution >= 0.6 is 0 Å². The zero-order chi connectivity index (χ0) is 28.6. The SMILES string of the molecule is NC(Cc1ccc(O)cc1)C(=O)NC(Cc1cnc[nH]1)C(=O)NC(Cc1cnc[nH]1)C(=O)N1CCCC1C(=O)O. The summed E-state index contributed by atoms with van der Waals surface area (Å²) in [4.78, 5) is 66.7. The largest absolute Gasteiger partial charge is 0.508 e. The number of benzene rings is 1. The number of nitrogens with two attached hydrogens (primary N) is 1. The highest BCUT2D eigenvalue weighted by atomic mass is 16.4. The van der Waals surface area contributed by atoms with E-state index in [1.54, 1.807) is 12.1 Å². The Labute approximate surface area is 229 Å². The van der Waals surface area contributed by atoms with Crippen molar-refractivity contribution in [3.05, 3.63) is 66.3 Å². The first-order valence-electron chi connectivity index (χ1n) is 12.8. The van der Waals surface area contributed by atoms with E-state index in [9.17, 15) is 29.4 Å². The van der Waals surface area contributed by atoms with Crippen molar-refractivity contribution >= 4 is 23.7 Å². The lowest BCUT2D eigenvalue weighted by molar-refractivity contribution is -0.149. The second kappa shape index (κ2) is 12.9. The van der Waals surface area contributed by atoms with E-state index in [-0.39, 0.29) is 31.6 Å². The van der Waals surface area contributed by atoms with Crippen LogP contribution in [0, 0.1) is 0 Å². The highest BCUT2D eigenvalue weighted by Gasteiger charge is 2.38. The van der Waals surface area contributed by atoms with Gasteiger partial charge in [-0.25, -0.2) is 14.8 Å². The van der Waals surface area contributed by atoms with Crippen LogP contribution < -0.4 is 16.4 Å². The molecule has 4 atom stereocenters. The highest BCUT2D eigenvalue weighted by Crippen LogP contribution is 2.19. The monoisotopic (exact) mass is 552 g/mol. The maximum absolute atomic E-state index is 13.6. The van der Waals surface area contributed by atoms with Crippen molar-refractivity contribution in [2.24, 2.45) is 5.73 Å². The summed E-state index contributed by atoms with van der Waals surface area (Å²) in [5.74, 6) is -2.80. The topological polar surface area (TPSA) is 219 Å². The fourth-order valence-corrected chi connectivity index (χ4v) is 4.66. The number of aliphatic carboxylic acids is 1. The standard InChI is InChI=1S/C26H32N8O6/c27-19(8-15-3-5-18(35)6-4-15)23(36)32-20(9-16-11-28-13-30-16)24(37)33-21(10-17-12-29-14-31-17)25(38)34-7-1-2-22(34)26(39)40/h3-6,11-14,19-22,35H,1-2,7-10,27H2,(H,28,30)(H,29,31)(H,32,36)(H,33,37)(H,39,40). The van der Waals surface area contributed by atoms with E-state index in [4.69, 9.17) is 5.73 Å². The van der Waals surface area contributed by atoms with Gasteiger partial charge in [0, 0.05) is 43.2 Å². The molecule has 212 valence electrons. The van der Waals surface area contributed by atoms with Crippen LogP contribution in [0.3, 0.4) is 0 Å². The fourth-order valence-electron chi connectivity index (χ4n) is 4.66. The molecular formula is C26H32N8O6. The van der Waals surface area contributed by atoms with Crippen LogP contribution in [0.1, 0.15) is 29.8 Å². The number of carboxylic acids is 1. The van der Waals surface area contributed by atoms with Crippen LogP contribution in [0.25, 0.3) is 0 Å². The molecule has 2 aromatic heterocycles. The summed E-state index contributed by atoms with van der Waals surface area (Å²) in [7, 11) is 0. The molecule has 8 N–H and O–H groups in total. The number of phenols is 1. The number of H-pyrrole nitrogens is 2. The summed E-state index contributed by atoms with van der Waals surface area (Å²) in [6.07, 6.45) is 6.99. The Kier molecular flexibility index (Phi) is 9.11.